The first-order chi connectivity index (χ1) is 11.1. The third-order valence-electron chi connectivity index (χ3n) is 4.02. The average Bonchev–Trinajstić information content (AvgIpc) is 3.03. The molecule has 23 heavy (non-hydrogen) atoms. The van der Waals surface area contributed by atoms with Gasteiger partial charge in [-0.05, 0) is 18.2 Å². The van der Waals surface area contributed by atoms with Gasteiger partial charge in [-0.25, -0.2) is 8.78 Å². The molecule has 1 aliphatic heterocycles. The van der Waals surface area contributed by atoms with Gasteiger partial charge in [-0.3, -0.25) is 4.90 Å². The molecule has 1 aliphatic rings. The number of alkyl halides is 2. The summed E-state index contributed by atoms with van der Waals surface area (Å²) >= 11 is 6.03. The van der Waals surface area contributed by atoms with Crippen molar-refractivity contribution in [1.29, 1.82) is 0 Å². The van der Waals surface area contributed by atoms with Crippen molar-refractivity contribution in [1.82, 2.24) is 10.1 Å². The van der Waals surface area contributed by atoms with Gasteiger partial charge < -0.3 is 9.42 Å². The predicted octanol–water partition coefficient (Wildman–Crippen LogP) is 3.63. The van der Waals surface area contributed by atoms with Crippen molar-refractivity contribution in [3.63, 3.8) is 0 Å². The van der Waals surface area contributed by atoms with E-state index in [1.165, 1.54) is 6.07 Å². The topological polar surface area (TPSA) is 32.5 Å². The van der Waals surface area contributed by atoms with Crippen LogP contribution in [0.15, 0.2) is 34.9 Å². The summed E-state index contributed by atoms with van der Waals surface area (Å²) in [6.07, 6.45) is -1.98. The van der Waals surface area contributed by atoms with Crippen LogP contribution >= 0.6 is 11.6 Å². The maximum atomic E-state index is 12.5. The molecule has 0 unspecified atom stereocenters. The molecule has 1 aromatic heterocycles. The van der Waals surface area contributed by atoms with Gasteiger partial charge in [0.15, 0.2) is 0 Å². The minimum absolute atomic E-state index is 0.286. The Morgan fingerprint density at radius 3 is 2.61 bits per heavy atom. The molecule has 0 atom stereocenters. The summed E-state index contributed by atoms with van der Waals surface area (Å²) in [6.45, 7) is 4.45. The molecule has 0 N–H and O–H groups in total. The zero-order valence-electron chi connectivity index (χ0n) is 12.6. The van der Waals surface area contributed by atoms with Crippen molar-refractivity contribution in [2.45, 2.75) is 12.8 Å². The van der Waals surface area contributed by atoms with Gasteiger partial charge in [0.25, 0.3) is 6.43 Å². The van der Waals surface area contributed by atoms with Crippen LogP contribution in [0.3, 0.4) is 0 Å². The van der Waals surface area contributed by atoms with Gasteiger partial charge in [-0.15, -0.1) is 0 Å². The molecule has 0 radical (unpaired) electrons. The fourth-order valence-corrected chi connectivity index (χ4v) is 2.90. The van der Waals surface area contributed by atoms with Crippen molar-refractivity contribution in [2.75, 3.05) is 37.6 Å². The average molecular weight is 342 g/mol. The van der Waals surface area contributed by atoms with E-state index in [0.717, 1.165) is 43.4 Å². The highest BCUT2D eigenvalue weighted by Gasteiger charge is 2.18. The quantitative estimate of drug-likeness (QED) is 0.831. The molecule has 0 amide bonds. The molecule has 1 aromatic carbocycles. The number of hydrogen-bond donors (Lipinski definition) is 0. The molecule has 2 aromatic rings. The summed E-state index contributed by atoms with van der Waals surface area (Å²) < 4.78 is 29.9. The van der Waals surface area contributed by atoms with Crippen LogP contribution in [0.25, 0.3) is 0 Å². The lowest BCUT2D eigenvalue weighted by atomic mass is 10.2. The standard InChI is InChI=1S/C16H18ClF2N3O/c17-12-2-1-3-13(10-12)22-8-6-21(7-9-22)5-4-14-11-15(16(18)19)20-23-14/h1-3,10-11,16H,4-9H2. The van der Waals surface area contributed by atoms with Crippen LogP contribution < -0.4 is 4.90 Å². The van der Waals surface area contributed by atoms with Crippen LogP contribution in [-0.4, -0.2) is 42.8 Å². The second-order valence-corrected chi connectivity index (χ2v) is 6.01. The lowest BCUT2D eigenvalue weighted by Gasteiger charge is -2.36. The van der Waals surface area contributed by atoms with Gasteiger partial charge in [0.05, 0.1) is 0 Å². The first kappa shape index (κ1) is 16.2. The number of nitrogens with zero attached hydrogens (tertiary/aromatic N) is 3. The van der Waals surface area contributed by atoms with E-state index in [0.29, 0.717) is 12.2 Å². The van der Waals surface area contributed by atoms with Crippen LogP contribution in [0.1, 0.15) is 17.9 Å². The number of piperazine rings is 1. The lowest BCUT2D eigenvalue weighted by molar-refractivity contribution is 0.140. The maximum Gasteiger partial charge on any atom is 0.283 e. The van der Waals surface area contributed by atoms with E-state index in [4.69, 9.17) is 16.1 Å². The molecule has 124 valence electrons. The van der Waals surface area contributed by atoms with E-state index in [-0.39, 0.29) is 5.69 Å². The highest BCUT2D eigenvalue weighted by atomic mass is 35.5. The molecule has 0 saturated carbocycles. The first-order valence-corrected chi connectivity index (χ1v) is 7.96. The molecule has 1 saturated heterocycles. The summed E-state index contributed by atoms with van der Waals surface area (Å²) in [5.74, 6) is 0.512. The molecular weight excluding hydrogens is 324 g/mol. The van der Waals surface area contributed by atoms with Crippen LogP contribution in [0.5, 0.6) is 0 Å². The van der Waals surface area contributed by atoms with Crippen LogP contribution in [0.4, 0.5) is 14.5 Å². The Kier molecular flexibility index (Phi) is 5.13. The summed E-state index contributed by atoms with van der Waals surface area (Å²) in [4.78, 5) is 4.59. The molecular formula is C16H18ClF2N3O. The Morgan fingerprint density at radius 1 is 1.17 bits per heavy atom. The first-order valence-electron chi connectivity index (χ1n) is 7.58. The van der Waals surface area contributed by atoms with Crippen molar-refractivity contribution >= 4 is 17.3 Å². The molecule has 3 rings (SSSR count). The Morgan fingerprint density at radius 2 is 1.96 bits per heavy atom. The number of halogens is 3. The van der Waals surface area contributed by atoms with E-state index >= 15 is 0 Å². The minimum atomic E-state index is -2.58. The van der Waals surface area contributed by atoms with Crippen molar-refractivity contribution in [3.05, 3.63) is 46.8 Å². The number of anilines is 1. The van der Waals surface area contributed by atoms with Gasteiger partial charge >= 0.3 is 0 Å². The fourth-order valence-electron chi connectivity index (χ4n) is 2.72. The highest BCUT2D eigenvalue weighted by Crippen LogP contribution is 2.21. The molecule has 2 heterocycles. The fraction of sp³-hybridized carbons (Fsp3) is 0.438. The number of rotatable bonds is 5. The van der Waals surface area contributed by atoms with E-state index in [2.05, 4.69) is 21.0 Å². The van der Waals surface area contributed by atoms with Crippen molar-refractivity contribution in [3.8, 4) is 0 Å². The smallest absolute Gasteiger partial charge is 0.283 e. The molecule has 0 aliphatic carbocycles. The third kappa shape index (κ3) is 4.20. The molecule has 1 fully saturated rings. The Labute approximate surface area is 138 Å². The second kappa shape index (κ2) is 7.27. The van der Waals surface area contributed by atoms with Gasteiger partial charge in [-0.1, -0.05) is 22.8 Å². The Balaban J connectivity index is 1.47. The van der Waals surface area contributed by atoms with Crippen molar-refractivity contribution < 1.29 is 13.3 Å². The summed E-state index contributed by atoms with van der Waals surface area (Å²) in [5, 5.41) is 4.12. The normalized spacial score (nSPS) is 16.3. The van der Waals surface area contributed by atoms with Crippen LogP contribution in [-0.2, 0) is 6.42 Å². The van der Waals surface area contributed by atoms with E-state index in [9.17, 15) is 8.78 Å². The monoisotopic (exact) mass is 341 g/mol. The summed E-state index contributed by atoms with van der Waals surface area (Å²) in [5.41, 5.74) is 0.847. The zero-order valence-corrected chi connectivity index (χ0v) is 13.3. The lowest BCUT2D eigenvalue weighted by Crippen LogP contribution is -2.46. The second-order valence-electron chi connectivity index (χ2n) is 5.58. The van der Waals surface area contributed by atoms with E-state index < -0.39 is 6.43 Å². The van der Waals surface area contributed by atoms with Crippen molar-refractivity contribution in [2.24, 2.45) is 0 Å². The number of aromatic nitrogens is 1. The summed E-state index contributed by atoms with van der Waals surface area (Å²) in [7, 11) is 0. The molecule has 0 spiro atoms. The van der Waals surface area contributed by atoms with E-state index in [1.54, 1.807) is 0 Å². The van der Waals surface area contributed by atoms with Gasteiger partial charge in [0.2, 0.25) is 0 Å². The molecule has 7 heteroatoms. The highest BCUT2D eigenvalue weighted by molar-refractivity contribution is 6.30. The van der Waals surface area contributed by atoms with Gasteiger partial charge in [-0.2, -0.15) is 0 Å². The molecule has 4 nitrogen and oxygen atoms in total. The Hall–Kier alpha value is -1.66. The third-order valence-corrected chi connectivity index (χ3v) is 4.26. The van der Waals surface area contributed by atoms with Crippen LogP contribution in [0.2, 0.25) is 5.02 Å². The van der Waals surface area contributed by atoms with Crippen LogP contribution in [0, 0.1) is 0 Å². The molecule has 0 bridgehead atoms. The largest absolute Gasteiger partial charge is 0.369 e. The summed E-state index contributed by atoms with van der Waals surface area (Å²) in [6, 6.07) is 9.19. The minimum Gasteiger partial charge on any atom is -0.369 e. The SMILES string of the molecule is FC(F)c1cc(CCN2CCN(c3cccc(Cl)c3)CC2)on1. The van der Waals surface area contributed by atoms with Gasteiger partial charge in [0.1, 0.15) is 11.5 Å². The zero-order chi connectivity index (χ0) is 16.2. The van der Waals surface area contributed by atoms with E-state index in [1.807, 2.05) is 18.2 Å². The number of hydrogen-bond acceptors (Lipinski definition) is 4. The number of benzene rings is 1. The maximum absolute atomic E-state index is 12.5. The van der Waals surface area contributed by atoms with Gasteiger partial charge in [0, 0.05) is 55.9 Å². The predicted molar refractivity (Wildman–Crippen MR) is 85.3 cm³/mol. The Bertz CT molecular complexity index is 642.